The average molecular weight is 484 g/mol. The van der Waals surface area contributed by atoms with Gasteiger partial charge in [0.05, 0.1) is 16.9 Å². The van der Waals surface area contributed by atoms with Gasteiger partial charge in [-0.05, 0) is 42.3 Å². The van der Waals surface area contributed by atoms with Crippen LogP contribution in [-0.4, -0.2) is 51.2 Å². The predicted octanol–water partition coefficient (Wildman–Crippen LogP) is 2.28. The molecule has 0 unspecified atom stereocenters. The molecule has 0 bridgehead atoms. The van der Waals surface area contributed by atoms with Crippen molar-refractivity contribution in [2.45, 2.75) is 25.0 Å². The van der Waals surface area contributed by atoms with Gasteiger partial charge in [-0.3, -0.25) is 24.6 Å². The number of benzene rings is 2. The summed E-state index contributed by atoms with van der Waals surface area (Å²) in [6.07, 6.45) is -0.893. The van der Waals surface area contributed by atoms with Crippen molar-refractivity contribution < 1.29 is 29.2 Å². The van der Waals surface area contributed by atoms with Crippen LogP contribution in [0.4, 0.5) is 5.69 Å². The first-order chi connectivity index (χ1) is 16.2. The number of fused-ring (bicyclic) bond motifs is 1. The highest BCUT2D eigenvalue weighted by Crippen LogP contribution is 2.54. The van der Waals surface area contributed by atoms with E-state index in [9.17, 15) is 29.6 Å². The molecule has 2 amide bonds. The topological polar surface area (TPSA) is 139 Å². The number of nitrogens with one attached hydrogen (secondary N) is 1. The lowest BCUT2D eigenvalue weighted by Gasteiger charge is -2.43. The van der Waals surface area contributed by atoms with E-state index >= 15 is 0 Å². The van der Waals surface area contributed by atoms with Crippen LogP contribution >= 0.6 is 11.8 Å². The SMILES string of the molecule is CNC(=O)c1cccc(C2=C(C(=O)OCc3ccc([N+](=O)[O-])cc3)N3C(=O)[C@H]([C@@H](C)O)[C@H]3S2)c1. The lowest BCUT2D eigenvalue weighted by atomic mass is 9.92. The Bertz CT molecular complexity index is 1210. The first-order valence-electron chi connectivity index (χ1n) is 10.4. The van der Waals surface area contributed by atoms with E-state index in [1.165, 1.54) is 54.9 Å². The monoisotopic (exact) mass is 483 g/mol. The maximum atomic E-state index is 13.1. The summed E-state index contributed by atoms with van der Waals surface area (Å²) in [5.74, 6) is -2.09. The molecule has 2 aliphatic rings. The number of rotatable bonds is 7. The fraction of sp³-hybridized carbons (Fsp3) is 0.261. The Morgan fingerprint density at radius 3 is 2.59 bits per heavy atom. The lowest BCUT2D eigenvalue weighted by Crippen LogP contribution is -2.60. The molecule has 0 aliphatic carbocycles. The van der Waals surface area contributed by atoms with E-state index in [0.717, 1.165) is 0 Å². The summed E-state index contributed by atoms with van der Waals surface area (Å²) in [4.78, 5) is 50.1. The minimum atomic E-state index is -0.893. The van der Waals surface area contributed by atoms with E-state index in [-0.39, 0.29) is 29.8 Å². The molecule has 10 nitrogen and oxygen atoms in total. The summed E-state index contributed by atoms with van der Waals surface area (Å²) in [7, 11) is 1.51. The van der Waals surface area contributed by atoms with E-state index in [1.807, 2.05) is 0 Å². The van der Waals surface area contributed by atoms with Gasteiger partial charge in [0.25, 0.3) is 11.6 Å². The molecule has 0 aromatic heterocycles. The van der Waals surface area contributed by atoms with Crippen molar-refractivity contribution in [2.75, 3.05) is 7.05 Å². The quantitative estimate of drug-likeness (QED) is 0.265. The van der Waals surface area contributed by atoms with Crippen molar-refractivity contribution in [3.8, 4) is 0 Å². The number of nitrogens with zero attached hydrogens (tertiary/aromatic N) is 2. The molecule has 3 atom stereocenters. The molecule has 1 saturated heterocycles. The summed E-state index contributed by atoms with van der Waals surface area (Å²) in [5.41, 5.74) is 1.47. The summed E-state index contributed by atoms with van der Waals surface area (Å²) >= 11 is 1.26. The van der Waals surface area contributed by atoms with Crippen molar-refractivity contribution in [2.24, 2.45) is 5.92 Å². The number of nitro benzene ring substituents is 1. The second-order valence-corrected chi connectivity index (χ2v) is 8.95. The highest BCUT2D eigenvalue weighted by atomic mass is 32.2. The number of non-ortho nitro benzene ring substituents is 1. The maximum Gasteiger partial charge on any atom is 0.356 e. The normalized spacial score (nSPS) is 19.9. The van der Waals surface area contributed by atoms with Gasteiger partial charge < -0.3 is 15.2 Å². The number of thioether (sulfide) groups is 1. The summed E-state index contributed by atoms with van der Waals surface area (Å²) < 4.78 is 5.44. The van der Waals surface area contributed by atoms with Crippen molar-refractivity contribution >= 4 is 40.1 Å². The Kier molecular flexibility index (Phi) is 6.40. The van der Waals surface area contributed by atoms with E-state index in [1.54, 1.807) is 24.3 Å². The Balaban J connectivity index is 1.64. The zero-order valence-electron chi connectivity index (χ0n) is 18.3. The molecular weight excluding hydrogens is 462 g/mol. The van der Waals surface area contributed by atoms with Gasteiger partial charge in [0, 0.05) is 29.6 Å². The number of ether oxygens (including phenoxy) is 1. The fourth-order valence-electron chi connectivity index (χ4n) is 3.85. The van der Waals surface area contributed by atoms with Crippen LogP contribution in [0.5, 0.6) is 0 Å². The molecule has 0 saturated carbocycles. The Hall–Kier alpha value is -3.70. The highest BCUT2D eigenvalue weighted by Gasteiger charge is 2.58. The smallest absolute Gasteiger partial charge is 0.356 e. The Labute approximate surface area is 198 Å². The third kappa shape index (κ3) is 4.15. The van der Waals surface area contributed by atoms with Crippen molar-refractivity contribution in [3.05, 3.63) is 81.0 Å². The van der Waals surface area contributed by atoms with Gasteiger partial charge in [0.15, 0.2) is 0 Å². The third-order valence-electron chi connectivity index (χ3n) is 5.62. The maximum absolute atomic E-state index is 13.1. The number of nitro groups is 1. The third-order valence-corrected chi connectivity index (χ3v) is 7.03. The number of β-lactam (4-membered cyclic amide) rings is 1. The second-order valence-electron chi connectivity index (χ2n) is 7.82. The van der Waals surface area contributed by atoms with Gasteiger partial charge >= 0.3 is 5.97 Å². The van der Waals surface area contributed by atoms with Crippen LogP contribution in [0.15, 0.2) is 54.2 Å². The van der Waals surface area contributed by atoms with E-state index in [0.29, 0.717) is 21.6 Å². The predicted molar refractivity (Wildman–Crippen MR) is 123 cm³/mol. The zero-order chi connectivity index (χ0) is 24.6. The summed E-state index contributed by atoms with van der Waals surface area (Å²) in [6.45, 7) is 1.38. The van der Waals surface area contributed by atoms with E-state index in [4.69, 9.17) is 4.74 Å². The molecular formula is C23H21N3O7S. The largest absolute Gasteiger partial charge is 0.456 e. The van der Waals surface area contributed by atoms with Crippen LogP contribution in [-0.2, 0) is 20.9 Å². The second kappa shape index (κ2) is 9.27. The van der Waals surface area contributed by atoms with Crippen LogP contribution < -0.4 is 5.32 Å². The lowest BCUT2D eigenvalue weighted by molar-refractivity contribution is -0.384. The molecule has 0 radical (unpaired) electrons. The first-order valence-corrected chi connectivity index (χ1v) is 11.3. The van der Waals surface area contributed by atoms with Crippen LogP contribution in [0.2, 0.25) is 0 Å². The zero-order valence-corrected chi connectivity index (χ0v) is 19.1. The van der Waals surface area contributed by atoms with Gasteiger partial charge in [0.1, 0.15) is 17.7 Å². The Morgan fingerprint density at radius 2 is 1.97 bits per heavy atom. The first kappa shape index (κ1) is 23.5. The van der Waals surface area contributed by atoms with Crippen LogP contribution in [0.1, 0.15) is 28.4 Å². The van der Waals surface area contributed by atoms with E-state index < -0.39 is 28.3 Å². The molecule has 2 aliphatic heterocycles. The molecule has 2 heterocycles. The van der Waals surface area contributed by atoms with Crippen molar-refractivity contribution in [3.63, 3.8) is 0 Å². The number of aliphatic hydroxyl groups excluding tert-OH is 1. The summed E-state index contributed by atoms with van der Waals surface area (Å²) in [6, 6.07) is 12.3. The van der Waals surface area contributed by atoms with Gasteiger partial charge in [-0.1, -0.05) is 23.9 Å². The summed E-state index contributed by atoms with van der Waals surface area (Å²) in [5, 5.41) is 22.9. The fourth-order valence-corrected chi connectivity index (χ4v) is 5.46. The highest BCUT2D eigenvalue weighted by molar-refractivity contribution is 8.09. The van der Waals surface area contributed by atoms with Crippen molar-refractivity contribution in [1.29, 1.82) is 0 Å². The van der Waals surface area contributed by atoms with Crippen molar-refractivity contribution in [1.82, 2.24) is 10.2 Å². The van der Waals surface area contributed by atoms with Crippen LogP contribution in [0.3, 0.4) is 0 Å². The molecule has 2 N–H and O–H groups in total. The Morgan fingerprint density at radius 1 is 1.26 bits per heavy atom. The number of hydrogen-bond acceptors (Lipinski definition) is 8. The van der Waals surface area contributed by atoms with Gasteiger partial charge in [-0.15, -0.1) is 0 Å². The van der Waals surface area contributed by atoms with Crippen LogP contribution in [0.25, 0.3) is 4.91 Å². The number of hydrogen-bond donors (Lipinski definition) is 2. The average Bonchev–Trinajstić information content (AvgIpc) is 3.17. The molecule has 4 rings (SSSR count). The molecule has 176 valence electrons. The van der Waals surface area contributed by atoms with Gasteiger partial charge in [-0.25, -0.2) is 4.79 Å². The number of carbonyl (C=O) groups is 3. The molecule has 2 aromatic carbocycles. The van der Waals surface area contributed by atoms with Crippen LogP contribution in [0, 0.1) is 16.0 Å². The number of esters is 1. The van der Waals surface area contributed by atoms with Gasteiger partial charge in [-0.2, -0.15) is 0 Å². The molecule has 0 spiro atoms. The number of carbonyl (C=O) groups excluding carboxylic acids is 3. The molecule has 2 aromatic rings. The number of amides is 2. The minimum Gasteiger partial charge on any atom is -0.456 e. The van der Waals surface area contributed by atoms with Gasteiger partial charge in [0.2, 0.25) is 5.91 Å². The minimum absolute atomic E-state index is 0.0490. The number of aliphatic hydroxyl groups is 1. The molecule has 11 heteroatoms. The standard InChI is InChI=1S/C23H21N3O7S/c1-12(27)17-21(29)25-18(23(30)33-11-13-6-8-16(9-7-13)26(31)32)19(34-22(17)25)14-4-3-5-15(10-14)20(28)24-2/h3-10,12,17,22,27H,11H2,1-2H3,(H,24,28)/t12-,17+,22-/m1/s1. The molecule has 34 heavy (non-hydrogen) atoms. The van der Waals surface area contributed by atoms with E-state index in [2.05, 4.69) is 5.32 Å². The molecule has 1 fully saturated rings.